The number of piperidine rings is 1. The lowest BCUT2D eigenvalue weighted by atomic mass is 9.94. The zero-order valence-corrected chi connectivity index (χ0v) is 18.4. The van der Waals surface area contributed by atoms with Crippen LogP contribution in [-0.2, 0) is 27.2 Å². The highest BCUT2D eigenvalue weighted by molar-refractivity contribution is 5.83. The smallest absolute Gasteiger partial charge is 0.223 e. The van der Waals surface area contributed by atoms with Gasteiger partial charge in [0.05, 0.1) is 6.10 Å². The topological polar surface area (TPSA) is 49.9 Å². The van der Waals surface area contributed by atoms with Crippen LogP contribution < -0.4 is 0 Å². The standard InChI is InChI=1S/C25H36N2O3/c1-19(28)8-9-25(29)27(18-24-7-4-14-30-24)17-20-10-12-26(13-11-20)23-15-21-5-2-3-6-22(21)16-23/h2-3,5-6,20,23-24H,4,7-18H2,1H3. The Balaban J connectivity index is 1.28. The van der Waals surface area contributed by atoms with Crippen molar-refractivity contribution in [2.24, 2.45) is 5.92 Å². The van der Waals surface area contributed by atoms with E-state index in [4.69, 9.17) is 4.74 Å². The van der Waals surface area contributed by atoms with Gasteiger partial charge in [-0.05, 0) is 75.6 Å². The van der Waals surface area contributed by atoms with Crippen molar-refractivity contribution in [1.29, 1.82) is 0 Å². The van der Waals surface area contributed by atoms with Crippen molar-refractivity contribution in [3.8, 4) is 0 Å². The summed E-state index contributed by atoms with van der Waals surface area (Å²) in [6.45, 7) is 6.12. The van der Waals surface area contributed by atoms with Gasteiger partial charge in [-0.15, -0.1) is 0 Å². The van der Waals surface area contributed by atoms with Crippen LogP contribution in [0.3, 0.4) is 0 Å². The third-order valence-electron chi connectivity index (χ3n) is 7.17. The molecule has 0 bridgehead atoms. The fraction of sp³-hybridized carbons (Fsp3) is 0.680. The number of ketones is 1. The number of hydrogen-bond donors (Lipinski definition) is 0. The predicted octanol–water partition coefficient (Wildman–Crippen LogP) is 3.24. The molecule has 1 aromatic carbocycles. The second-order valence-corrected chi connectivity index (χ2v) is 9.45. The first-order valence-corrected chi connectivity index (χ1v) is 11.8. The number of likely N-dealkylation sites (tertiary alicyclic amines) is 1. The van der Waals surface area contributed by atoms with E-state index in [1.54, 1.807) is 6.92 Å². The average Bonchev–Trinajstić information content (AvgIpc) is 3.41. The Bertz CT molecular complexity index is 711. The van der Waals surface area contributed by atoms with Gasteiger partial charge in [0, 0.05) is 38.6 Å². The molecule has 0 radical (unpaired) electrons. The van der Waals surface area contributed by atoms with E-state index in [1.807, 2.05) is 4.90 Å². The van der Waals surface area contributed by atoms with Crippen LogP contribution in [0.1, 0.15) is 56.6 Å². The Morgan fingerprint density at radius 1 is 1.03 bits per heavy atom. The number of rotatable bonds is 8. The minimum Gasteiger partial charge on any atom is -0.376 e. The van der Waals surface area contributed by atoms with Crippen molar-refractivity contribution < 1.29 is 14.3 Å². The molecule has 5 nitrogen and oxygen atoms in total. The van der Waals surface area contributed by atoms with Crippen molar-refractivity contribution in [2.45, 2.75) is 70.4 Å². The number of hydrogen-bond acceptors (Lipinski definition) is 4. The first-order chi connectivity index (χ1) is 14.6. The molecule has 1 aliphatic carbocycles. The monoisotopic (exact) mass is 412 g/mol. The Morgan fingerprint density at radius 2 is 1.73 bits per heavy atom. The third kappa shape index (κ3) is 5.50. The van der Waals surface area contributed by atoms with Crippen LogP contribution in [0.5, 0.6) is 0 Å². The third-order valence-corrected chi connectivity index (χ3v) is 7.17. The van der Waals surface area contributed by atoms with Gasteiger partial charge in [-0.25, -0.2) is 0 Å². The van der Waals surface area contributed by atoms with Crippen molar-refractivity contribution >= 4 is 11.7 Å². The molecule has 2 fully saturated rings. The lowest BCUT2D eigenvalue weighted by Crippen LogP contribution is -2.46. The van der Waals surface area contributed by atoms with E-state index in [9.17, 15) is 9.59 Å². The Hall–Kier alpha value is -1.72. The number of nitrogens with zero attached hydrogens (tertiary/aromatic N) is 2. The van der Waals surface area contributed by atoms with Gasteiger partial charge < -0.3 is 14.4 Å². The Kier molecular flexibility index (Phi) is 7.21. The van der Waals surface area contributed by atoms with E-state index < -0.39 is 0 Å². The van der Waals surface area contributed by atoms with E-state index in [0.29, 0.717) is 31.3 Å². The maximum Gasteiger partial charge on any atom is 0.223 e. The number of carbonyl (C=O) groups excluding carboxylic acids is 2. The number of carbonyl (C=O) groups is 2. The van der Waals surface area contributed by atoms with Gasteiger partial charge in [0.25, 0.3) is 0 Å². The summed E-state index contributed by atoms with van der Waals surface area (Å²) in [5.41, 5.74) is 3.03. The Labute approximate surface area is 180 Å². The summed E-state index contributed by atoms with van der Waals surface area (Å²) in [4.78, 5) is 28.8. The van der Waals surface area contributed by atoms with Crippen molar-refractivity contribution in [2.75, 3.05) is 32.8 Å². The fourth-order valence-corrected chi connectivity index (χ4v) is 5.36. The first-order valence-electron chi connectivity index (χ1n) is 11.8. The lowest BCUT2D eigenvalue weighted by Gasteiger charge is -2.38. The van der Waals surface area contributed by atoms with Crippen LogP contribution in [0, 0.1) is 5.92 Å². The van der Waals surface area contributed by atoms with Gasteiger partial charge >= 0.3 is 0 Å². The zero-order valence-electron chi connectivity index (χ0n) is 18.4. The molecule has 0 N–H and O–H groups in total. The molecular formula is C25H36N2O3. The summed E-state index contributed by atoms with van der Waals surface area (Å²) in [5.74, 6) is 0.758. The molecule has 1 aromatic rings. The molecule has 0 aromatic heterocycles. The Morgan fingerprint density at radius 3 is 2.33 bits per heavy atom. The second-order valence-electron chi connectivity index (χ2n) is 9.45. The molecule has 0 spiro atoms. The molecule has 2 heterocycles. The number of benzene rings is 1. The molecule has 1 amide bonds. The number of amides is 1. The van der Waals surface area contributed by atoms with Crippen molar-refractivity contribution in [3.05, 3.63) is 35.4 Å². The van der Waals surface area contributed by atoms with E-state index in [1.165, 1.54) is 24.0 Å². The highest BCUT2D eigenvalue weighted by atomic mass is 16.5. The molecule has 1 atom stereocenters. The minimum atomic E-state index is 0.0892. The zero-order chi connectivity index (χ0) is 20.9. The van der Waals surface area contributed by atoms with E-state index >= 15 is 0 Å². The summed E-state index contributed by atoms with van der Waals surface area (Å²) < 4.78 is 5.79. The second kappa shape index (κ2) is 10.1. The molecule has 30 heavy (non-hydrogen) atoms. The maximum absolute atomic E-state index is 12.8. The summed E-state index contributed by atoms with van der Waals surface area (Å²) in [6, 6.07) is 9.50. The molecule has 2 aliphatic heterocycles. The number of Topliss-reactive ketones (excluding diaryl/α,β-unsaturated/α-hetero) is 1. The van der Waals surface area contributed by atoms with Gasteiger partial charge in [-0.1, -0.05) is 24.3 Å². The van der Waals surface area contributed by atoms with E-state index in [2.05, 4.69) is 29.2 Å². The van der Waals surface area contributed by atoms with Gasteiger partial charge in [0.2, 0.25) is 5.91 Å². The predicted molar refractivity (Wildman–Crippen MR) is 117 cm³/mol. The summed E-state index contributed by atoms with van der Waals surface area (Å²) in [7, 11) is 0. The van der Waals surface area contributed by atoms with Gasteiger partial charge in [-0.2, -0.15) is 0 Å². The highest BCUT2D eigenvalue weighted by Gasteiger charge is 2.31. The molecule has 2 saturated heterocycles. The first kappa shape index (κ1) is 21.5. The summed E-state index contributed by atoms with van der Waals surface area (Å²) in [5, 5.41) is 0. The molecule has 5 heteroatoms. The minimum absolute atomic E-state index is 0.0892. The molecule has 0 saturated carbocycles. The number of fused-ring (bicyclic) bond motifs is 1. The molecule has 4 rings (SSSR count). The van der Waals surface area contributed by atoms with Crippen LogP contribution in [-0.4, -0.2) is 66.4 Å². The van der Waals surface area contributed by atoms with Crippen LogP contribution in [0.15, 0.2) is 24.3 Å². The molecule has 164 valence electrons. The summed E-state index contributed by atoms with van der Waals surface area (Å²) in [6.07, 6.45) is 7.63. The molecular weight excluding hydrogens is 376 g/mol. The van der Waals surface area contributed by atoms with Crippen molar-refractivity contribution in [3.63, 3.8) is 0 Å². The highest BCUT2D eigenvalue weighted by Crippen LogP contribution is 2.29. The quantitative estimate of drug-likeness (QED) is 0.658. The van der Waals surface area contributed by atoms with Gasteiger partial charge in [0.15, 0.2) is 0 Å². The van der Waals surface area contributed by atoms with Gasteiger partial charge in [-0.3, -0.25) is 9.69 Å². The average molecular weight is 413 g/mol. The molecule has 1 unspecified atom stereocenters. The lowest BCUT2D eigenvalue weighted by molar-refractivity contribution is -0.135. The van der Waals surface area contributed by atoms with E-state index in [-0.39, 0.29) is 17.8 Å². The van der Waals surface area contributed by atoms with Crippen LogP contribution in [0.25, 0.3) is 0 Å². The normalized spacial score (nSPS) is 22.9. The van der Waals surface area contributed by atoms with Crippen LogP contribution in [0.4, 0.5) is 0 Å². The maximum atomic E-state index is 12.8. The van der Waals surface area contributed by atoms with Crippen LogP contribution >= 0.6 is 0 Å². The van der Waals surface area contributed by atoms with E-state index in [0.717, 1.165) is 51.9 Å². The SMILES string of the molecule is CC(=O)CCC(=O)N(CC1CCN(C2Cc3ccccc3C2)CC1)CC1CCCO1. The fourth-order valence-electron chi connectivity index (χ4n) is 5.36. The van der Waals surface area contributed by atoms with Gasteiger partial charge in [0.1, 0.15) is 5.78 Å². The molecule has 3 aliphatic rings. The van der Waals surface area contributed by atoms with Crippen molar-refractivity contribution in [1.82, 2.24) is 9.80 Å². The number of ether oxygens (including phenoxy) is 1. The van der Waals surface area contributed by atoms with Crippen LogP contribution in [0.2, 0.25) is 0 Å². The largest absolute Gasteiger partial charge is 0.376 e. The summed E-state index contributed by atoms with van der Waals surface area (Å²) >= 11 is 0.